The summed E-state index contributed by atoms with van der Waals surface area (Å²) >= 11 is 0. The number of H-pyrrole nitrogens is 1. The maximum absolute atomic E-state index is 5.90. The minimum absolute atomic E-state index is 0.0490. The molecule has 0 saturated carbocycles. The molecule has 1 aromatic carbocycles. The lowest BCUT2D eigenvalue weighted by Gasteiger charge is -2.09. The lowest BCUT2D eigenvalue weighted by Crippen LogP contribution is -2.07. The fourth-order valence-corrected chi connectivity index (χ4v) is 2.87. The molecule has 4 aromatic rings. The van der Waals surface area contributed by atoms with Crippen LogP contribution in [0.15, 0.2) is 55.1 Å². The Morgan fingerprint density at radius 3 is 2.77 bits per heavy atom. The third kappa shape index (κ3) is 3.09. The molecule has 0 unspecified atom stereocenters. The Kier molecular flexibility index (Phi) is 4.01. The summed E-state index contributed by atoms with van der Waals surface area (Å²) in [7, 11) is 0. The Bertz CT molecular complexity index is 1070. The van der Waals surface area contributed by atoms with Gasteiger partial charge in [0.05, 0.1) is 29.9 Å². The van der Waals surface area contributed by atoms with Crippen molar-refractivity contribution >= 4 is 16.6 Å². The van der Waals surface area contributed by atoms with Crippen LogP contribution in [0.4, 0.5) is 5.69 Å². The molecular formula is C20H19N5O. The van der Waals surface area contributed by atoms with Crippen molar-refractivity contribution in [3.8, 4) is 28.4 Å². The number of benzene rings is 1. The lowest BCUT2D eigenvalue weighted by molar-refractivity contribution is 0.232. The van der Waals surface area contributed by atoms with Crippen molar-refractivity contribution in [2.45, 2.75) is 20.0 Å². The highest BCUT2D eigenvalue weighted by Gasteiger charge is 2.11. The van der Waals surface area contributed by atoms with Crippen LogP contribution >= 0.6 is 0 Å². The minimum Gasteiger partial charge on any atom is -0.474 e. The summed E-state index contributed by atoms with van der Waals surface area (Å²) in [6.07, 6.45) is 7.07. The molecule has 6 heteroatoms. The molecule has 3 N–H and O–H groups in total. The fourth-order valence-electron chi connectivity index (χ4n) is 2.87. The zero-order valence-corrected chi connectivity index (χ0v) is 14.6. The van der Waals surface area contributed by atoms with Crippen LogP contribution in [0.2, 0.25) is 0 Å². The van der Waals surface area contributed by atoms with E-state index < -0.39 is 0 Å². The van der Waals surface area contributed by atoms with Crippen LogP contribution in [0, 0.1) is 0 Å². The topological polar surface area (TPSA) is 89.7 Å². The first-order chi connectivity index (χ1) is 12.6. The number of nitrogens with two attached hydrogens (primary N) is 1. The zero-order valence-electron chi connectivity index (χ0n) is 14.6. The lowest BCUT2D eigenvalue weighted by atomic mass is 10.0. The SMILES string of the molecule is CC(C)Oc1cncc(-c2ccc3[nH]cc(-c4cc(N)ccn4)c3c2)n1. The van der Waals surface area contributed by atoms with Crippen molar-refractivity contribution < 1.29 is 4.74 Å². The summed E-state index contributed by atoms with van der Waals surface area (Å²) in [5.41, 5.74) is 11.2. The number of hydrogen-bond donors (Lipinski definition) is 2. The number of anilines is 1. The van der Waals surface area contributed by atoms with Gasteiger partial charge in [0.25, 0.3) is 0 Å². The van der Waals surface area contributed by atoms with Gasteiger partial charge in [0.15, 0.2) is 0 Å². The van der Waals surface area contributed by atoms with Crippen LogP contribution < -0.4 is 10.5 Å². The molecule has 0 fully saturated rings. The van der Waals surface area contributed by atoms with E-state index >= 15 is 0 Å². The molecule has 0 aliphatic rings. The number of fused-ring (bicyclic) bond motifs is 1. The van der Waals surface area contributed by atoms with Crippen molar-refractivity contribution in [3.63, 3.8) is 0 Å². The first kappa shape index (κ1) is 16.1. The summed E-state index contributed by atoms with van der Waals surface area (Å²) in [6, 6.07) is 9.76. The molecule has 0 aliphatic heterocycles. The van der Waals surface area contributed by atoms with Gasteiger partial charge in [-0.05, 0) is 38.1 Å². The van der Waals surface area contributed by atoms with Crippen LogP contribution in [0.3, 0.4) is 0 Å². The van der Waals surface area contributed by atoms with Gasteiger partial charge >= 0.3 is 0 Å². The second kappa shape index (κ2) is 6.48. The molecule has 0 aliphatic carbocycles. The summed E-state index contributed by atoms with van der Waals surface area (Å²) in [4.78, 5) is 16.5. The summed E-state index contributed by atoms with van der Waals surface area (Å²) in [5, 5.41) is 1.05. The van der Waals surface area contributed by atoms with E-state index in [1.165, 1.54) is 0 Å². The highest BCUT2D eigenvalue weighted by molar-refractivity contribution is 5.97. The molecule has 0 bridgehead atoms. The molecule has 0 saturated heterocycles. The van der Waals surface area contributed by atoms with E-state index in [-0.39, 0.29) is 6.10 Å². The van der Waals surface area contributed by atoms with Crippen molar-refractivity contribution in [3.05, 3.63) is 55.1 Å². The number of nitrogens with one attached hydrogen (secondary N) is 1. The van der Waals surface area contributed by atoms with Crippen LogP contribution in [-0.2, 0) is 0 Å². The molecule has 4 rings (SSSR count). The Balaban J connectivity index is 1.79. The van der Waals surface area contributed by atoms with Crippen LogP contribution in [0.1, 0.15) is 13.8 Å². The second-order valence-electron chi connectivity index (χ2n) is 6.35. The summed E-state index contributed by atoms with van der Waals surface area (Å²) in [5.74, 6) is 0.518. The molecule has 3 heterocycles. The van der Waals surface area contributed by atoms with Crippen LogP contribution in [0.25, 0.3) is 33.4 Å². The third-order valence-corrected chi connectivity index (χ3v) is 4.01. The summed E-state index contributed by atoms with van der Waals surface area (Å²) in [6.45, 7) is 3.93. The molecule has 130 valence electrons. The van der Waals surface area contributed by atoms with E-state index in [0.29, 0.717) is 11.6 Å². The van der Waals surface area contributed by atoms with Gasteiger partial charge in [0.2, 0.25) is 5.88 Å². The normalized spacial score (nSPS) is 11.2. The van der Waals surface area contributed by atoms with Gasteiger partial charge in [-0.2, -0.15) is 0 Å². The van der Waals surface area contributed by atoms with E-state index in [1.54, 1.807) is 24.7 Å². The van der Waals surface area contributed by atoms with Gasteiger partial charge < -0.3 is 15.5 Å². The van der Waals surface area contributed by atoms with E-state index in [9.17, 15) is 0 Å². The molecule has 6 nitrogen and oxygen atoms in total. The van der Waals surface area contributed by atoms with Gasteiger partial charge in [0.1, 0.15) is 0 Å². The number of aromatic nitrogens is 4. The monoisotopic (exact) mass is 345 g/mol. The molecule has 0 atom stereocenters. The molecule has 0 amide bonds. The van der Waals surface area contributed by atoms with E-state index in [2.05, 4.69) is 26.0 Å². The Hall–Kier alpha value is -3.41. The summed E-state index contributed by atoms with van der Waals surface area (Å²) < 4.78 is 5.65. The fraction of sp³-hybridized carbons (Fsp3) is 0.150. The van der Waals surface area contributed by atoms with E-state index in [1.807, 2.05) is 38.2 Å². The highest BCUT2D eigenvalue weighted by atomic mass is 16.5. The molecule has 0 spiro atoms. The number of rotatable bonds is 4. The van der Waals surface area contributed by atoms with Crippen molar-refractivity contribution in [2.24, 2.45) is 0 Å². The van der Waals surface area contributed by atoms with Crippen LogP contribution in [-0.4, -0.2) is 26.0 Å². The number of pyridine rings is 1. The average Bonchev–Trinajstić information content (AvgIpc) is 3.04. The molecule has 0 radical (unpaired) electrons. The van der Waals surface area contributed by atoms with Gasteiger partial charge in [-0.3, -0.25) is 9.97 Å². The first-order valence-electron chi connectivity index (χ1n) is 8.42. The van der Waals surface area contributed by atoms with Crippen molar-refractivity contribution in [2.75, 3.05) is 5.73 Å². The smallest absolute Gasteiger partial charge is 0.233 e. The number of nitrogen functional groups attached to an aromatic ring is 1. The van der Waals surface area contributed by atoms with Gasteiger partial charge in [-0.15, -0.1) is 0 Å². The second-order valence-corrected chi connectivity index (χ2v) is 6.35. The standard InChI is InChI=1S/C20H19N5O/c1-12(2)26-20-11-22-10-19(25-20)13-3-4-17-15(7-13)16(9-24-17)18-8-14(21)5-6-23-18/h3-12,24H,1-2H3,(H2,21,23). The predicted octanol–water partition coefficient (Wildman–Crippen LogP) is 4.06. The highest BCUT2D eigenvalue weighted by Crippen LogP contribution is 2.31. The molecular weight excluding hydrogens is 326 g/mol. The Labute approximate surface area is 151 Å². The van der Waals surface area contributed by atoms with Gasteiger partial charge in [-0.1, -0.05) is 6.07 Å². The van der Waals surface area contributed by atoms with E-state index in [0.717, 1.165) is 33.4 Å². The number of ether oxygens (including phenoxy) is 1. The predicted molar refractivity (Wildman–Crippen MR) is 103 cm³/mol. The quantitative estimate of drug-likeness (QED) is 0.582. The van der Waals surface area contributed by atoms with E-state index in [4.69, 9.17) is 10.5 Å². The number of hydrogen-bond acceptors (Lipinski definition) is 5. The van der Waals surface area contributed by atoms with Crippen molar-refractivity contribution in [1.82, 2.24) is 19.9 Å². The van der Waals surface area contributed by atoms with Gasteiger partial charge in [0, 0.05) is 40.1 Å². The zero-order chi connectivity index (χ0) is 18.1. The molecule has 26 heavy (non-hydrogen) atoms. The largest absolute Gasteiger partial charge is 0.474 e. The minimum atomic E-state index is 0.0490. The van der Waals surface area contributed by atoms with Gasteiger partial charge in [-0.25, -0.2) is 4.98 Å². The molecule has 3 aromatic heterocycles. The van der Waals surface area contributed by atoms with Crippen molar-refractivity contribution in [1.29, 1.82) is 0 Å². The number of nitrogens with zero attached hydrogens (tertiary/aromatic N) is 3. The van der Waals surface area contributed by atoms with Crippen LogP contribution in [0.5, 0.6) is 5.88 Å². The first-order valence-corrected chi connectivity index (χ1v) is 8.42. The Morgan fingerprint density at radius 2 is 1.96 bits per heavy atom. The Morgan fingerprint density at radius 1 is 1.08 bits per heavy atom. The maximum Gasteiger partial charge on any atom is 0.233 e. The maximum atomic E-state index is 5.90. The number of aromatic amines is 1. The third-order valence-electron chi connectivity index (χ3n) is 4.01. The average molecular weight is 345 g/mol.